The van der Waals surface area contributed by atoms with Gasteiger partial charge >= 0.3 is 0 Å². The van der Waals surface area contributed by atoms with Gasteiger partial charge in [-0.25, -0.2) is 13.1 Å². The first kappa shape index (κ1) is 12.6. The van der Waals surface area contributed by atoms with Crippen LogP contribution in [0.3, 0.4) is 0 Å². The van der Waals surface area contributed by atoms with Gasteiger partial charge in [-0.05, 0) is 25.5 Å². The van der Waals surface area contributed by atoms with E-state index in [0.29, 0.717) is 11.4 Å². The van der Waals surface area contributed by atoms with Gasteiger partial charge in [0, 0.05) is 32.0 Å². The summed E-state index contributed by atoms with van der Waals surface area (Å²) in [4.78, 5) is 0.337. The molecule has 1 saturated heterocycles. The lowest BCUT2D eigenvalue weighted by Gasteiger charge is -2.15. The Labute approximate surface area is 102 Å². The topological polar surface area (TPSA) is 63.1 Å². The molecule has 1 atom stereocenters. The molecule has 1 aliphatic rings. The van der Waals surface area contributed by atoms with Gasteiger partial charge in [-0.15, -0.1) is 0 Å². The van der Waals surface area contributed by atoms with Gasteiger partial charge in [0.1, 0.15) is 0 Å². The van der Waals surface area contributed by atoms with Crippen LogP contribution in [0.4, 0.5) is 0 Å². The molecule has 2 N–H and O–H groups in total. The summed E-state index contributed by atoms with van der Waals surface area (Å²) in [6, 6.07) is 1.62. The highest BCUT2D eigenvalue weighted by Gasteiger charge is 2.21. The zero-order valence-corrected chi connectivity index (χ0v) is 10.8. The van der Waals surface area contributed by atoms with Crippen molar-refractivity contribution < 1.29 is 8.42 Å². The van der Waals surface area contributed by atoms with E-state index in [4.69, 9.17) is 0 Å². The molecule has 1 unspecified atom stereocenters. The Morgan fingerprint density at radius 1 is 1.47 bits per heavy atom. The lowest BCUT2D eigenvalue weighted by Crippen LogP contribution is -2.40. The largest absolute Gasteiger partial charge is 0.356 e. The van der Waals surface area contributed by atoms with Crippen LogP contribution in [0.25, 0.3) is 0 Å². The van der Waals surface area contributed by atoms with E-state index in [1.165, 1.54) is 0 Å². The summed E-state index contributed by atoms with van der Waals surface area (Å²) in [6.07, 6.45) is 6.43. The molecule has 0 bridgehead atoms. The molecule has 2 heterocycles. The fourth-order valence-corrected chi connectivity index (χ4v) is 3.37. The molecule has 1 aromatic heterocycles. The first-order valence-corrected chi connectivity index (χ1v) is 7.41. The van der Waals surface area contributed by atoms with Crippen LogP contribution in [-0.2, 0) is 17.1 Å². The van der Waals surface area contributed by atoms with Gasteiger partial charge in [0.15, 0.2) is 0 Å². The van der Waals surface area contributed by atoms with Crippen molar-refractivity contribution in [2.24, 2.45) is 7.05 Å². The molecule has 17 heavy (non-hydrogen) atoms. The molecular weight excluding hydrogens is 238 g/mol. The molecular formula is C11H19N3O2S. The summed E-state index contributed by atoms with van der Waals surface area (Å²) in [6.45, 7) is 1.69. The number of nitrogens with zero attached hydrogens (tertiary/aromatic N) is 1. The Morgan fingerprint density at radius 3 is 3.00 bits per heavy atom. The van der Waals surface area contributed by atoms with Crippen LogP contribution in [0.5, 0.6) is 0 Å². The van der Waals surface area contributed by atoms with Crippen molar-refractivity contribution in [1.29, 1.82) is 0 Å². The zero-order valence-electron chi connectivity index (χ0n) is 10.0. The van der Waals surface area contributed by atoms with Crippen LogP contribution in [0.1, 0.15) is 19.3 Å². The Morgan fingerprint density at radius 2 is 2.29 bits per heavy atom. The van der Waals surface area contributed by atoms with E-state index in [1.54, 1.807) is 23.0 Å². The normalized spacial score (nSPS) is 22.3. The van der Waals surface area contributed by atoms with Gasteiger partial charge in [-0.2, -0.15) is 0 Å². The van der Waals surface area contributed by atoms with Gasteiger partial charge in [-0.3, -0.25) is 0 Å². The van der Waals surface area contributed by atoms with Gasteiger partial charge in [0.25, 0.3) is 0 Å². The highest BCUT2D eigenvalue weighted by molar-refractivity contribution is 7.89. The summed E-state index contributed by atoms with van der Waals surface area (Å²) < 4.78 is 28.6. The number of nitrogens with one attached hydrogen (secondary N) is 2. The maximum atomic E-state index is 12.1. The van der Waals surface area contributed by atoms with E-state index in [1.807, 2.05) is 7.05 Å². The lowest BCUT2D eigenvalue weighted by molar-refractivity contribution is 0.521. The number of rotatable bonds is 3. The quantitative estimate of drug-likeness (QED) is 0.826. The highest BCUT2D eigenvalue weighted by atomic mass is 32.2. The van der Waals surface area contributed by atoms with Crippen molar-refractivity contribution in [2.75, 3.05) is 13.1 Å². The minimum atomic E-state index is -3.37. The average molecular weight is 257 g/mol. The minimum absolute atomic E-state index is 0.00251. The van der Waals surface area contributed by atoms with E-state index in [2.05, 4.69) is 10.0 Å². The molecule has 0 spiro atoms. The molecule has 96 valence electrons. The summed E-state index contributed by atoms with van der Waals surface area (Å²) in [5.41, 5.74) is 0. The molecule has 0 amide bonds. The highest BCUT2D eigenvalue weighted by Crippen LogP contribution is 2.11. The predicted octanol–water partition coefficient (Wildman–Crippen LogP) is 0.445. The van der Waals surface area contributed by atoms with E-state index in [0.717, 1.165) is 25.8 Å². The smallest absolute Gasteiger partial charge is 0.242 e. The number of sulfonamides is 1. The van der Waals surface area contributed by atoms with Gasteiger partial charge in [0.2, 0.25) is 10.0 Å². The predicted molar refractivity (Wildman–Crippen MR) is 66.2 cm³/mol. The lowest BCUT2D eigenvalue weighted by atomic mass is 10.2. The zero-order chi connectivity index (χ0) is 12.3. The van der Waals surface area contributed by atoms with Crippen molar-refractivity contribution >= 4 is 10.0 Å². The maximum Gasteiger partial charge on any atom is 0.242 e. The third-order valence-electron chi connectivity index (χ3n) is 2.98. The molecule has 1 aliphatic heterocycles. The molecule has 1 fully saturated rings. The van der Waals surface area contributed by atoms with Crippen LogP contribution in [-0.4, -0.2) is 32.1 Å². The van der Waals surface area contributed by atoms with Crippen LogP contribution in [0.2, 0.25) is 0 Å². The molecule has 2 rings (SSSR count). The summed E-state index contributed by atoms with van der Waals surface area (Å²) in [5, 5.41) is 3.24. The van der Waals surface area contributed by atoms with Crippen molar-refractivity contribution in [1.82, 2.24) is 14.6 Å². The molecule has 0 saturated carbocycles. The van der Waals surface area contributed by atoms with Crippen molar-refractivity contribution in [3.8, 4) is 0 Å². The maximum absolute atomic E-state index is 12.1. The van der Waals surface area contributed by atoms with Crippen molar-refractivity contribution in [3.05, 3.63) is 18.5 Å². The second-order valence-corrected chi connectivity index (χ2v) is 6.24. The molecule has 0 aliphatic carbocycles. The van der Waals surface area contributed by atoms with Crippen LogP contribution in [0.15, 0.2) is 23.4 Å². The molecule has 5 nitrogen and oxygen atoms in total. The molecule has 1 aromatic rings. The van der Waals surface area contributed by atoms with Gasteiger partial charge in [0.05, 0.1) is 4.90 Å². The summed E-state index contributed by atoms with van der Waals surface area (Å²) in [7, 11) is -1.55. The van der Waals surface area contributed by atoms with Crippen LogP contribution >= 0.6 is 0 Å². The van der Waals surface area contributed by atoms with E-state index in [-0.39, 0.29) is 6.04 Å². The Kier molecular flexibility index (Phi) is 3.86. The molecule has 0 aromatic carbocycles. The van der Waals surface area contributed by atoms with Gasteiger partial charge < -0.3 is 9.88 Å². The van der Waals surface area contributed by atoms with Gasteiger partial charge in [-0.1, -0.05) is 6.42 Å². The molecule has 6 heteroatoms. The fourth-order valence-electron chi connectivity index (χ4n) is 2.04. The number of aromatic nitrogens is 1. The second kappa shape index (κ2) is 5.20. The summed E-state index contributed by atoms with van der Waals surface area (Å²) >= 11 is 0. The Hall–Kier alpha value is -0.850. The Balaban J connectivity index is 2.06. The fraction of sp³-hybridized carbons (Fsp3) is 0.636. The third-order valence-corrected chi connectivity index (χ3v) is 4.49. The van der Waals surface area contributed by atoms with Crippen LogP contribution in [0, 0.1) is 0 Å². The minimum Gasteiger partial charge on any atom is -0.356 e. The third kappa shape index (κ3) is 3.31. The average Bonchev–Trinajstić information content (AvgIpc) is 2.55. The van der Waals surface area contributed by atoms with Crippen molar-refractivity contribution in [3.63, 3.8) is 0 Å². The molecule has 0 radical (unpaired) electrons. The van der Waals surface area contributed by atoms with E-state index >= 15 is 0 Å². The number of hydrogen-bond acceptors (Lipinski definition) is 3. The number of aryl methyl sites for hydroxylation is 1. The van der Waals surface area contributed by atoms with E-state index in [9.17, 15) is 8.42 Å². The number of hydrogen-bond donors (Lipinski definition) is 2. The standard InChI is InChI=1S/C11H19N3O2S/c1-14-7-5-11(9-14)17(15,16)13-10-4-2-3-6-12-8-10/h5,7,9-10,12-13H,2-4,6,8H2,1H3. The second-order valence-electron chi connectivity index (χ2n) is 4.53. The van der Waals surface area contributed by atoms with Crippen LogP contribution < -0.4 is 10.0 Å². The Bertz CT molecular complexity index is 459. The first-order chi connectivity index (χ1) is 8.08. The SMILES string of the molecule is Cn1ccc(S(=O)(=O)NC2CCCCNC2)c1. The van der Waals surface area contributed by atoms with E-state index < -0.39 is 10.0 Å². The monoisotopic (exact) mass is 257 g/mol. The first-order valence-electron chi connectivity index (χ1n) is 5.93. The van der Waals surface area contributed by atoms with Crippen molar-refractivity contribution in [2.45, 2.75) is 30.2 Å². The summed E-state index contributed by atoms with van der Waals surface area (Å²) in [5.74, 6) is 0.